The Morgan fingerprint density at radius 2 is 0.905 bits per heavy atom. The Bertz CT molecular complexity index is 1330. The fraction of sp³-hybridized carbons (Fsp3) is 0.267. The molecule has 0 fully saturated rings. The van der Waals surface area contributed by atoms with Crippen molar-refractivity contribution in [3.05, 3.63) is 83.9 Å². The minimum absolute atomic E-state index is 0.539. The Hall–Kier alpha value is -3.30. The van der Waals surface area contributed by atoms with Gasteiger partial charge < -0.3 is 9.80 Å². The third-order valence-corrected chi connectivity index (χ3v) is 7.07. The first-order valence-corrected chi connectivity index (χ1v) is 15.6. The lowest BCUT2D eigenvalue weighted by atomic mass is 10.2. The van der Waals surface area contributed by atoms with E-state index >= 15 is 0 Å². The molecule has 0 aliphatic heterocycles. The zero-order valence-corrected chi connectivity index (χ0v) is 26.0. The number of halogens is 4. The summed E-state index contributed by atoms with van der Waals surface area (Å²) < 4.78 is 0. The van der Waals surface area contributed by atoms with Crippen LogP contribution in [0.25, 0.3) is 10.8 Å². The maximum Gasteiger partial charge on any atom is 0.176 e. The molecule has 0 aliphatic carbocycles. The van der Waals surface area contributed by atoms with Gasteiger partial charge in [-0.2, -0.15) is 10.2 Å². The molecule has 1 heterocycles. The number of rotatable bonds is 16. The SMILES string of the molecule is ClCCN(CCCl)c1ccc(/C=N/Nc2nnc(N/N=C/c3ccc(N(CCCl)CCCl)cc3)c3ccccc23)cc1. The number of hydrogen-bond donors (Lipinski definition) is 2. The molecule has 4 aromatic rings. The van der Waals surface area contributed by atoms with Crippen LogP contribution in [0.3, 0.4) is 0 Å². The molecule has 8 nitrogen and oxygen atoms in total. The van der Waals surface area contributed by atoms with Gasteiger partial charge in [-0.3, -0.25) is 10.9 Å². The fourth-order valence-corrected chi connectivity index (χ4v) is 5.11. The van der Waals surface area contributed by atoms with Gasteiger partial charge in [0.2, 0.25) is 0 Å². The quantitative estimate of drug-likeness (QED) is 0.0769. The van der Waals surface area contributed by atoms with Gasteiger partial charge in [-0.1, -0.05) is 48.5 Å². The van der Waals surface area contributed by atoms with E-state index in [1.807, 2.05) is 72.8 Å². The molecule has 42 heavy (non-hydrogen) atoms. The summed E-state index contributed by atoms with van der Waals surface area (Å²) in [7, 11) is 0. The summed E-state index contributed by atoms with van der Waals surface area (Å²) in [5.74, 6) is 3.24. The highest BCUT2D eigenvalue weighted by atomic mass is 35.5. The summed E-state index contributed by atoms with van der Waals surface area (Å²) in [5, 5.41) is 19.2. The number of nitrogens with zero attached hydrogens (tertiary/aromatic N) is 6. The minimum Gasteiger partial charge on any atom is -0.369 e. The van der Waals surface area contributed by atoms with E-state index in [4.69, 9.17) is 46.4 Å². The second-order valence-electron chi connectivity index (χ2n) is 9.10. The molecule has 0 amide bonds. The molecule has 0 saturated heterocycles. The van der Waals surface area contributed by atoms with E-state index < -0.39 is 0 Å². The number of benzene rings is 3. The molecule has 3 aromatic carbocycles. The van der Waals surface area contributed by atoms with Crippen molar-refractivity contribution in [2.75, 3.05) is 70.4 Å². The molecular formula is C30H32Cl4N8. The Balaban J connectivity index is 1.41. The molecule has 0 aliphatic rings. The van der Waals surface area contributed by atoms with Crippen molar-refractivity contribution in [3.63, 3.8) is 0 Å². The molecule has 0 atom stereocenters. The van der Waals surface area contributed by atoms with Crippen molar-refractivity contribution in [1.82, 2.24) is 10.2 Å². The van der Waals surface area contributed by atoms with E-state index in [2.05, 4.69) is 41.1 Å². The number of hydrogen-bond acceptors (Lipinski definition) is 8. The molecule has 220 valence electrons. The first kappa shape index (κ1) is 31.6. The number of hydrazone groups is 2. The second-order valence-corrected chi connectivity index (χ2v) is 10.6. The van der Waals surface area contributed by atoms with Crippen LogP contribution in [0, 0.1) is 0 Å². The summed E-state index contributed by atoms with van der Waals surface area (Å²) in [6.07, 6.45) is 3.47. The number of alkyl halides is 4. The van der Waals surface area contributed by atoms with Crippen LogP contribution in [0.4, 0.5) is 23.0 Å². The van der Waals surface area contributed by atoms with E-state index in [9.17, 15) is 0 Å². The maximum atomic E-state index is 5.93. The Morgan fingerprint density at radius 1 is 0.548 bits per heavy atom. The van der Waals surface area contributed by atoms with Gasteiger partial charge in [0.25, 0.3) is 0 Å². The molecular weight excluding hydrogens is 614 g/mol. The van der Waals surface area contributed by atoms with E-state index in [1.54, 1.807) is 12.4 Å². The molecule has 0 radical (unpaired) electrons. The number of fused-ring (bicyclic) bond motifs is 1. The van der Waals surface area contributed by atoms with E-state index in [0.717, 1.165) is 59.5 Å². The third kappa shape index (κ3) is 8.85. The van der Waals surface area contributed by atoms with Gasteiger partial charge in [-0.15, -0.1) is 56.6 Å². The number of aromatic nitrogens is 2. The van der Waals surface area contributed by atoms with E-state index in [0.29, 0.717) is 35.2 Å². The fourth-order valence-electron chi connectivity index (χ4n) is 4.30. The van der Waals surface area contributed by atoms with Gasteiger partial charge in [0.15, 0.2) is 11.6 Å². The van der Waals surface area contributed by atoms with Crippen LogP contribution in [0.1, 0.15) is 11.1 Å². The lowest BCUT2D eigenvalue weighted by molar-refractivity contribution is 0.874. The summed E-state index contributed by atoms with van der Waals surface area (Å²) in [6, 6.07) is 23.9. The van der Waals surface area contributed by atoms with Crippen molar-refractivity contribution in [2.45, 2.75) is 0 Å². The number of nitrogens with one attached hydrogen (secondary N) is 2. The predicted molar refractivity (Wildman–Crippen MR) is 182 cm³/mol. The molecule has 0 saturated carbocycles. The van der Waals surface area contributed by atoms with Gasteiger partial charge in [-0.25, -0.2) is 0 Å². The normalized spacial score (nSPS) is 11.4. The summed E-state index contributed by atoms with van der Waals surface area (Å²) in [5.41, 5.74) is 10.0. The monoisotopic (exact) mass is 644 g/mol. The first-order chi connectivity index (χ1) is 20.7. The van der Waals surface area contributed by atoms with Crippen LogP contribution in [-0.2, 0) is 0 Å². The van der Waals surface area contributed by atoms with Crippen LogP contribution < -0.4 is 20.7 Å². The molecule has 12 heteroatoms. The lowest BCUT2D eigenvalue weighted by Gasteiger charge is -2.22. The Morgan fingerprint density at radius 3 is 1.24 bits per heavy atom. The third-order valence-electron chi connectivity index (χ3n) is 6.39. The van der Waals surface area contributed by atoms with Crippen molar-refractivity contribution in [1.29, 1.82) is 0 Å². The first-order valence-electron chi connectivity index (χ1n) is 13.4. The number of anilines is 4. The van der Waals surface area contributed by atoms with E-state index in [-0.39, 0.29) is 0 Å². The summed E-state index contributed by atoms with van der Waals surface area (Å²) >= 11 is 23.7. The zero-order chi connectivity index (χ0) is 29.6. The molecule has 1 aromatic heterocycles. The standard InChI is InChI=1S/C30H32Cl4N8/c31-13-17-41(18-14-32)25-9-5-23(6-10-25)21-35-37-29-27-3-1-2-4-28(27)30(40-39-29)38-36-22-24-7-11-26(12-8-24)42(19-15-33)20-16-34/h1-12,21-22H,13-20H2,(H,37,39)(H,38,40)/b35-21+,36-22+. The highest BCUT2D eigenvalue weighted by molar-refractivity contribution is 6.19. The Labute approximate surface area is 266 Å². The smallest absolute Gasteiger partial charge is 0.176 e. The minimum atomic E-state index is 0.539. The largest absolute Gasteiger partial charge is 0.369 e. The summed E-state index contributed by atoms with van der Waals surface area (Å²) in [6.45, 7) is 2.95. The van der Waals surface area contributed by atoms with Crippen LogP contribution >= 0.6 is 46.4 Å². The lowest BCUT2D eigenvalue weighted by Crippen LogP contribution is -2.27. The van der Waals surface area contributed by atoms with E-state index in [1.165, 1.54) is 0 Å². The molecule has 0 unspecified atom stereocenters. The zero-order valence-electron chi connectivity index (χ0n) is 22.9. The predicted octanol–water partition coefficient (Wildman–Crippen LogP) is 7.09. The van der Waals surface area contributed by atoms with Crippen LogP contribution in [0.15, 0.2) is 83.0 Å². The van der Waals surface area contributed by atoms with Crippen LogP contribution in [-0.4, -0.2) is 72.3 Å². The molecule has 2 N–H and O–H groups in total. The molecule has 4 rings (SSSR count). The van der Waals surface area contributed by atoms with Gasteiger partial charge >= 0.3 is 0 Å². The highest BCUT2D eigenvalue weighted by Crippen LogP contribution is 2.26. The van der Waals surface area contributed by atoms with Crippen molar-refractivity contribution < 1.29 is 0 Å². The van der Waals surface area contributed by atoms with Crippen LogP contribution in [0.2, 0.25) is 0 Å². The van der Waals surface area contributed by atoms with Crippen molar-refractivity contribution in [2.24, 2.45) is 10.2 Å². The average molecular weight is 646 g/mol. The summed E-state index contributed by atoms with van der Waals surface area (Å²) in [4.78, 5) is 4.30. The molecule has 0 bridgehead atoms. The average Bonchev–Trinajstić information content (AvgIpc) is 3.02. The molecule has 0 spiro atoms. The topological polar surface area (TPSA) is 81.0 Å². The van der Waals surface area contributed by atoms with Crippen molar-refractivity contribution >= 4 is 92.6 Å². The highest BCUT2D eigenvalue weighted by Gasteiger charge is 2.09. The van der Waals surface area contributed by atoms with Gasteiger partial charge in [0, 0.05) is 71.8 Å². The van der Waals surface area contributed by atoms with Gasteiger partial charge in [0.1, 0.15) is 0 Å². The maximum absolute atomic E-state index is 5.93. The van der Waals surface area contributed by atoms with Gasteiger partial charge in [0.05, 0.1) is 12.4 Å². The van der Waals surface area contributed by atoms with Crippen LogP contribution in [0.5, 0.6) is 0 Å². The van der Waals surface area contributed by atoms with Gasteiger partial charge in [-0.05, 0) is 35.4 Å². The second kappa shape index (κ2) is 17.0. The Kier molecular flexibility index (Phi) is 12.8. The van der Waals surface area contributed by atoms with Crippen molar-refractivity contribution in [3.8, 4) is 0 Å².